The molecule has 0 saturated heterocycles. The number of nitrogens with one attached hydrogen (secondary N) is 1. The number of carboxylic acid groups (broad SMARTS) is 1. The summed E-state index contributed by atoms with van der Waals surface area (Å²) in [6.07, 6.45) is 2.52. The number of aliphatic carboxylic acids is 1. The SMILES string of the molecule is CCN(CCOC)C(=O)NCC1CCCC1C(=O)O. The molecule has 110 valence electrons. The molecule has 0 heterocycles. The first-order valence-electron chi connectivity index (χ1n) is 6.84. The molecule has 1 aliphatic rings. The molecule has 0 aliphatic heterocycles. The summed E-state index contributed by atoms with van der Waals surface area (Å²) in [4.78, 5) is 24.6. The molecule has 0 aromatic carbocycles. The summed E-state index contributed by atoms with van der Waals surface area (Å²) in [5.41, 5.74) is 0. The number of urea groups is 1. The molecule has 2 unspecified atom stereocenters. The van der Waals surface area contributed by atoms with Crippen LogP contribution in [0.25, 0.3) is 0 Å². The van der Waals surface area contributed by atoms with E-state index in [1.54, 1.807) is 12.0 Å². The van der Waals surface area contributed by atoms with Gasteiger partial charge in [-0.15, -0.1) is 0 Å². The third kappa shape index (κ3) is 4.70. The van der Waals surface area contributed by atoms with Gasteiger partial charge in [0, 0.05) is 26.7 Å². The number of rotatable bonds is 7. The number of carbonyl (C=O) groups is 2. The molecule has 2 N–H and O–H groups in total. The molecule has 19 heavy (non-hydrogen) atoms. The fourth-order valence-electron chi connectivity index (χ4n) is 2.54. The quantitative estimate of drug-likeness (QED) is 0.729. The number of nitrogens with zero attached hydrogens (tertiary/aromatic N) is 1. The van der Waals surface area contributed by atoms with Gasteiger partial charge in [0.25, 0.3) is 0 Å². The van der Waals surface area contributed by atoms with Gasteiger partial charge in [0.15, 0.2) is 0 Å². The fraction of sp³-hybridized carbons (Fsp3) is 0.846. The fourth-order valence-corrected chi connectivity index (χ4v) is 2.54. The number of carboxylic acids is 1. The minimum atomic E-state index is -0.747. The lowest BCUT2D eigenvalue weighted by molar-refractivity contribution is -0.142. The summed E-state index contributed by atoms with van der Waals surface area (Å²) in [5.74, 6) is -1.000. The number of hydrogen-bond acceptors (Lipinski definition) is 3. The van der Waals surface area contributed by atoms with E-state index in [1.807, 2.05) is 6.92 Å². The Hall–Kier alpha value is -1.30. The molecule has 1 saturated carbocycles. The summed E-state index contributed by atoms with van der Waals surface area (Å²) in [6, 6.07) is -0.143. The Kier molecular flexibility index (Phi) is 6.62. The predicted molar refractivity (Wildman–Crippen MR) is 71.0 cm³/mol. The van der Waals surface area contributed by atoms with E-state index in [0.717, 1.165) is 19.3 Å². The molecule has 6 heteroatoms. The van der Waals surface area contributed by atoms with Gasteiger partial charge >= 0.3 is 12.0 Å². The van der Waals surface area contributed by atoms with E-state index in [1.165, 1.54) is 0 Å². The standard InChI is InChI=1S/C13H24N2O4/c1-3-15(7-8-19-2)13(18)14-9-10-5-4-6-11(10)12(16)17/h10-11H,3-9H2,1-2H3,(H,14,18)(H,16,17). The lowest BCUT2D eigenvalue weighted by atomic mass is 9.96. The van der Waals surface area contributed by atoms with Gasteiger partial charge in [-0.2, -0.15) is 0 Å². The highest BCUT2D eigenvalue weighted by atomic mass is 16.5. The van der Waals surface area contributed by atoms with Crippen LogP contribution in [0.5, 0.6) is 0 Å². The minimum absolute atomic E-state index is 0.0579. The zero-order chi connectivity index (χ0) is 14.3. The largest absolute Gasteiger partial charge is 0.481 e. The van der Waals surface area contributed by atoms with Gasteiger partial charge in [-0.3, -0.25) is 4.79 Å². The highest BCUT2D eigenvalue weighted by Crippen LogP contribution is 2.31. The Balaban J connectivity index is 2.38. The van der Waals surface area contributed by atoms with Crippen molar-refractivity contribution in [3.8, 4) is 0 Å². The summed E-state index contributed by atoms with van der Waals surface area (Å²) in [6.45, 7) is 4.01. The molecule has 0 bridgehead atoms. The van der Waals surface area contributed by atoms with Gasteiger partial charge in [-0.25, -0.2) is 4.79 Å². The van der Waals surface area contributed by atoms with Crippen LogP contribution >= 0.6 is 0 Å². The van der Waals surface area contributed by atoms with Crippen molar-refractivity contribution in [3.05, 3.63) is 0 Å². The Morgan fingerprint density at radius 3 is 2.74 bits per heavy atom. The van der Waals surface area contributed by atoms with Gasteiger partial charge in [0.2, 0.25) is 0 Å². The maximum atomic E-state index is 11.9. The molecule has 1 fully saturated rings. The van der Waals surface area contributed by atoms with Crippen LogP contribution in [0.1, 0.15) is 26.2 Å². The summed E-state index contributed by atoms with van der Waals surface area (Å²) in [7, 11) is 1.60. The molecular weight excluding hydrogens is 248 g/mol. The van der Waals surface area contributed by atoms with Crippen LogP contribution < -0.4 is 5.32 Å². The zero-order valence-electron chi connectivity index (χ0n) is 11.7. The van der Waals surface area contributed by atoms with E-state index in [-0.39, 0.29) is 17.9 Å². The number of methoxy groups -OCH3 is 1. The van der Waals surface area contributed by atoms with Crippen molar-refractivity contribution in [3.63, 3.8) is 0 Å². The van der Waals surface area contributed by atoms with Crippen LogP contribution in [0.3, 0.4) is 0 Å². The maximum absolute atomic E-state index is 11.9. The van der Waals surface area contributed by atoms with Crippen molar-refractivity contribution in [2.24, 2.45) is 11.8 Å². The average Bonchev–Trinajstić information content (AvgIpc) is 2.85. The van der Waals surface area contributed by atoms with Crippen molar-refractivity contribution in [1.82, 2.24) is 10.2 Å². The minimum Gasteiger partial charge on any atom is -0.481 e. The van der Waals surface area contributed by atoms with Crippen molar-refractivity contribution in [2.45, 2.75) is 26.2 Å². The second-order valence-corrected chi connectivity index (χ2v) is 4.89. The smallest absolute Gasteiger partial charge is 0.317 e. The summed E-state index contributed by atoms with van der Waals surface area (Å²) < 4.78 is 4.95. The molecule has 2 atom stereocenters. The van der Waals surface area contributed by atoms with Crippen molar-refractivity contribution in [1.29, 1.82) is 0 Å². The molecule has 2 amide bonds. The second kappa shape index (κ2) is 7.99. The molecule has 6 nitrogen and oxygen atoms in total. The monoisotopic (exact) mass is 272 g/mol. The molecule has 0 aromatic rings. The normalized spacial score (nSPS) is 22.2. The third-order valence-electron chi connectivity index (χ3n) is 3.73. The van der Waals surface area contributed by atoms with E-state index >= 15 is 0 Å². The highest BCUT2D eigenvalue weighted by molar-refractivity contribution is 5.74. The first-order chi connectivity index (χ1) is 9.10. The van der Waals surface area contributed by atoms with Crippen LogP contribution in [0.2, 0.25) is 0 Å². The maximum Gasteiger partial charge on any atom is 0.317 e. The summed E-state index contributed by atoms with van der Waals surface area (Å²) in [5, 5.41) is 11.9. The number of likely N-dealkylation sites (N-methyl/N-ethyl adjacent to an activating group) is 1. The molecule has 1 rings (SSSR count). The Bertz CT molecular complexity index is 309. The van der Waals surface area contributed by atoms with Crippen LogP contribution in [0, 0.1) is 11.8 Å². The first kappa shape index (κ1) is 15.8. The molecule has 0 aromatic heterocycles. The van der Waals surface area contributed by atoms with Gasteiger partial charge in [-0.05, 0) is 25.7 Å². The predicted octanol–water partition coefficient (Wildman–Crippen LogP) is 1.17. The lowest BCUT2D eigenvalue weighted by Gasteiger charge is -2.23. The van der Waals surface area contributed by atoms with Gasteiger partial charge in [0.05, 0.1) is 12.5 Å². The number of ether oxygens (including phenoxy) is 1. The molecular formula is C13H24N2O4. The van der Waals surface area contributed by atoms with Crippen molar-refractivity contribution >= 4 is 12.0 Å². The Labute approximate surface area is 114 Å². The van der Waals surface area contributed by atoms with Crippen molar-refractivity contribution in [2.75, 3.05) is 33.4 Å². The van der Waals surface area contributed by atoms with Gasteiger partial charge in [-0.1, -0.05) is 6.42 Å². The van der Waals surface area contributed by atoms with E-state index in [9.17, 15) is 9.59 Å². The average molecular weight is 272 g/mol. The molecule has 0 spiro atoms. The topological polar surface area (TPSA) is 78.9 Å². The Morgan fingerprint density at radius 1 is 1.42 bits per heavy atom. The van der Waals surface area contributed by atoms with Gasteiger partial charge < -0.3 is 20.1 Å². The third-order valence-corrected chi connectivity index (χ3v) is 3.73. The van der Waals surface area contributed by atoms with Crippen LogP contribution in [0.4, 0.5) is 4.79 Å². The molecule has 0 radical (unpaired) electrons. The van der Waals surface area contributed by atoms with E-state index in [0.29, 0.717) is 26.2 Å². The van der Waals surface area contributed by atoms with Crippen LogP contribution in [-0.4, -0.2) is 55.4 Å². The highest BCUT2D eigenvalue weighted by Gasteiger charge is 2.33. The second-order valence-electron chi connectivity index (χ2n) is 4.89. The number of amides is 2. The lowest BCUT2D eigenvalue weighted by Crippen LogP contribution is -2.44. The van der Waals surface area contributed by atoms with Crippen LogP contribution in [-0.2, 0) is 9.53 Å². The van der Waals surface area contributed by atoms with E-state index < -0.39 is 5.97 Å². The van der Waals surface area contributed by atoms with Gasteiger partial charge in [0.1, 0.15) is 0 Å². The van der Waals surface area contributed by atoms with E-state index in [2.05, 4.69) is 5.32 Å². The zero-order valence-corrected chi connectivity index (χ0v) is 11.7. The Morgan fingerprint density at radius 2 is 2.16 bits per heavy atom. The molecule has 1 aliphatic carbocycles. The van der Waals surface area contributed by atoms with Crippen molar-refractivity contribution < 1.29 is 19.4 Å². The first-order valence-corrected chi connectivity index (χ1v) is 6.84. The number of hydrogen-bond donors (Lipinski definition) is 2. The van der Waals surface area contributed by atoms with Crippen LogP contribution in [0.15, 0.2) is 0 Å². The summed E-state index contributed by atoms with van der Waals surface area (Å²) >= 11 is 0. The van der Waals surface area contributed by atoms with E-state index in [4.69, 9.17) is 9.84 Å². The number of carbonyl (C=O) groups excluding carboxylic acids is 1.